The molecule has 0 radical (unpaired) electrons. The second kappa shape index (κ2) is 9.03. The van der Waals surface area contributed by atoms with Crippen LogP contribution in [-0.4, -0.2) is 51.5 Å². The second-order valence-electron chi connectivity index (χ2n) is 4.40. The summed E-state index contributed by atoms with van der Waals surface area (Å²) in [5.41, 5.74) is 0. The summed E-state index contributed by atoms with van der Waals surface area (Å²) in [6, 6.07) is 7.11. The molecule has 112 valence electrons. The van der Waals surface area contributed by atoms with E-state index in [0.29, 0.717) is 24.7 Å². The van der Waals surface area contributed by atoms with Gasteiger partial charge in [0.15, 0.2) is 18.2 Å². The lowest BCUT2D eigenvalue weighted by molar-refractivity contribution is 0.219. The smallest absolute Gasteiger partial charge is 0.317 e. The lowest BCUT2D eigenvalue weighted by Crippen LogP contribution is -2.40. The highest BCUT2D eigenvalue weighted by Crippen LogP contribution is 2.25. The molecule has 1 aromatic rings. The third kappa shape index (κ3) is 6.29. The summed E-state index contributed by atoms with van der Waals surface area (Å²) < 4.78 is 10.9. The van der Waals surface area contributed by atoms with Gasteiger partial charge < -0.3 is 25.0 Å². The van der Waals surface area contributed by atoms with Crippen molar-refractivity contribution >= 4 is 6.03 Å². The Hall–Kier alpha value is -1.95. The molecule has 0 aromatic heterocycles. The van der Waals surface area contributed by atoms with E-state index in [0.717, 1.165) is 6.54 Å². The monoisotopic (exact) mass is 281 g/mol. The summed E-state index contributed by atoms with van der Waals surface area (Å²) in [6.45, 7) is 3.96. The molecule has 0 unspecified atom stereocenters. The fourth-order valence-electron chi connectivity index (χ4n) is 1.48. The van der Waals surface area contributed by atoms with Gasteiger partial charge in [0.05, 0.1) is 6.61 Å². The van der Waals surface area contributed by atoms with Crippen LogP contribution in [0.25, 0.3) is 0 Å². The fraction of sp³-hybridized carbons (Fsp3) is 0.500. The van der Waals surface area contributed by atoms with Crippen LogP contribution in [0.4, 0.5) is 4.79 Å². The van der Waals surface area contributed by atoms with Gasteiger partial charge in [0.25, 0.3) is 0 Å². The Morgan fingerprint density at radius 3 is 2.40 bits per heavy atom. The van der Waals surface area contributed by atoms with E-state index in [1.54, 1.807) is 6.07 Å². The number of urea groups is 1. The standard InChI is InChI=1S/C14H23N3O3/c1-4-19-12-7-5-6-8-13(12)20-11-16-14(18)15-9-10-17(2)3/h5-8H,4,9-11H2,1-3H3,(H2,15,16,18). The van der Waals surface area contributed by atoms with Crippen LogP contribution in [0.1, 0.15) is 6.92 Å². The van der Waals surface area contributed by atoms with E-state index in [-0.39, 0.29) is 12.8 Å². The highest BCUT2D eigenvalue weighted by atomic mass is 16.5. The largest absolute Gasteiger partial charge is 0.490 e. The number of carbonyl (C=O) groups is 1. The molecular weight excluding hydrogens is 258 g/mol. The van der Waals surface area contributed by atoms with Crippen molar-refractivity contribution < 1.29 is 14.3 Å². The van der Waals surface area contributed by atoms with E-state index in [2.05, 4.69) is 10.6 Å². The first-order valence-electron chi connectivity index (χ1n) is 6.64. The first-order valence-corrected chi connectivity index (χ1v) is 6.64. The Morgan fingerprint density at radius 2 is 1.80 bits per heavy atom. The highest BCUT2D eigenvalue weighted by molar-refractivity contribution is 5.73. The van der Waals surface area contributed by atoms with Crippen molar-refractivity contribution in [1.82, 2.24) is 15.5 Å². The van der Waals surface area contributed by atoms with Crippen LogP contribution < -0.4 is 20.1 Å². The van der Waals surface area contributed by atoms with Gasteiger partial charge in [0.1, 0.15) is 0 Å². The third-order valence-electron chi connectivity index (χ3n) is 2.45. The summed E-state index contributed by atoms with van der Waals surface area (Å²) in [6.07, 6.45) is 0. The molecule has 0 aliphatic carbocycles. The Bertz CT molecular complexity index is 410. The Labute approximate surface area is 120 Å². The average molecular weight is 281 g/mol. The van der Waals surface area contributed by atoms with Gasteiger partial charge >= 0.3 is 6.03 Å². The van der Waals surface area contributed by atoms with Crippen LogP contribution in [0.2, 0.25) is 0 Å². The Kier molecular flexibility index (Phi) is 7.27. The first-order chi connectivity index (χ1) is 9.63. The quantitative estimate of drug-likeness (QED) is 0.705. The van der Waals surface area contributed by atoms with Gasteiger partial charge in [-0.05, 0) is 33.2 Å². The molecule has 2 N–H and O–H groups in total. The van der Waals surface area contributed by atoms with Gasteiger partial charge in [0.2, 0.25) is 0 Å². The molecule has 0 aliphatic rings. The minimum Gasteiger partial charge on any atom is -0.490 e. The number of ether oxygens (including phenoxy) is 2. The number of carbonyl (C=O) groups excluding carboxylic acids is 1. The van der Waals surface area contributed by atoms with E-state index in [1.807, 2.05) is 44.1 Å². The van der Waals surface area contributed by atoms with Crippen LogP contribution in [0, 0.1) is 0 Å². The molecule has 0 saturated heterocycles. The average Bonchev–Trinajstić information content (AvgIpc) is 2.40. The number of amides is 2. The van der Waals surface area contributed by atoms with Crippen LogP contribution in [0.15, 0.2) is 24.3 Å². The maximum Gasteiger partial charge on any atom is 0.317 e. The fourth-order valence-corrected chi connectivity index (χ4v) is 1.48. The van der Waals surface area contributed by atoms with E-state index in [1.165, 1.54) is 0 Å². The number of hydrogen-bond acceptors (Lipinski definition) is 4. The Morgan fingerprint density at radius 1 is 1.15 bits per heavy atom. The van der Waals surface area contributed by atoms with E-state index in [9.17, 15) is 4.79 Å². The number of hydrogen-bond donors (Lipinski definition) is 2. The van der Waals surface area contributed by atoms with Gasteiger partial charge in [-0.15, -0.1) is 0 Å². The van der Waals surface area contributed by atoms with Crippen molar-refractivity contribution in [1.29, 1.82) is 0 Å². The first kappa shape index (κ1) is 16.1. The van der Waals surface area contributed by atoms with Crippen molar-refractivity contribution in [2.75, 3.05) is 40.5 Å². The van der Waals surface area contributed by atoms with Crippen molar-refractivity contribution in [2.45, 2.75) is 6.92 Å². The van der Waals surface area contributed by atoms with Crippen molar-refractivity contribution in [3.63, 3.8) is 0 Å². The Balaban J connectivity index is 2.28. The number of rotatable bonds is 8. The summed E-state index contributed by atoms with van der Waals surface area (Å²) in [7, 11) is 3.90. The maximum absolute atomic E-state index is 11.5. The van der Waals surface area contributed by atoms with Gasteiger partial charge in [-0.25, -0.2) is 4.79 Å². The van der Waals surface area contributed by atoms with Gasteiger partial charge in [-0.1, -0.05) is 12.1 Å². The van der Waals surface area contributed by atoms with Gasteiger partial charge in [-0.3, -0.25) is 0 Å². The number of nitrogens with one attached hydrogen (secondary N) is 2. The molecule has 20 heavy (non-hydrogen) atoms. The number of likely N-dealkylation sites (N-methyl/N-ethyl adjacent to an activating group) is 1. The van der Waals surface area contributed by atoms with E-state index >= 15 is 0 Å². The molecule has 1 rings (SSSR count). The molecule has 0 fully saturated rings. The summed E-state index contributed by atoms with van der Waals surface area (Å²) >= 11 is 0. The van der Waals surface area contributed by atoms with Gasteiger partial charge in [0, 0.05) is 13.1 Å². The number of benzene rings is 1. The maximum atomic E-state index is 11.5. The molecule has 0 aliphatic heterocycles. The molecule has 0 spiro atoms. The molecule has 0 bridgehead atoms. The van der Waals surface area contributed by atoms with Crippen LogP contribution in [0.5, 0.6) is 11.5 Å². The molecule has 1 aromatic carbocycles. The van der Waals surface area contributed by atoms with Crippen LogP contribution in [0.3, 0.4) is 0 Å². The zero-order valence-corrected chi connectivity index (χ0v) is 12.3. The minimum absolute atomic E-state index is 0.0951. The summed E-state index contributed by atoms with van der Waals surface area (Å²) in [5, 5.41) is 5.36. The lowest BCUT2D eigenvalue weighted by atomic mass is 10.3. The van der Waals surface area contributed by atoms with Crippen LogP contribution >= 0.6 is 0 Å². The third-order valence-corrected chi connectivity index (χ3v) is 2.45. The molecule has 0 saturated carbocycles. The van der Waals surface area contributed by atoms with Crippen molar-refractivity contribution in [3.05, 3.63) is 24.3 Å². The van der Waals surface area contributed by atoms with Crippen molar-refractivity contribution in [2.24, 2.45) is 0 Å². The molecule has 0 heterocycles. The summed E-state index contributed by atoms with van der Waals surface area (Å²) in [5.74, 6) is 1.28. The predicted molar refractivity (Wildman–Crippen MR) is 78.2 cm³/mol. The number of para-hydroxylation sites is 2. The topological polar surface area (TPSA) is 62.8 Å². The second-order valence-corrected chi connectivity index (χ2v) is 4.40. The van der Waals surface area contributed by atoms with Crippen molar-refractivity contribution in [3.8, 4) is 11.5 Å². The zero-order chi connectivity index (χ0) is 14.8. The lowest BCUT2D eigenvalue weighted by Gasteiger charge is -2.13. The normalized spacial score (nSPS) is 10.2. The van der Waals surface area contributed by atoms with Crippen LogP contribution in [-0.2, 0) is 0 Å². The molecule has 0 atom stereocenters. The minimum atomic E-state index is -0.249. The molecular formula is C14H23N3O3. The predicted octanol–water partition coefficient (Wildman–Crippen LogP) is 1.28. The number of nitrogens with zero attached hydrogens (tertiary/aromatic N) is 1. The highest BCUT2D eigenvalue weighted by Gasteiger charge is 2.04. The molecule has 6 nitrogen and oxygen atoms in total. The molecule has 2 amide bonds. The van der Waals surface area contributed by atoms with E-state index in [4.69, 9.17) is 9.47 Å². The zero-order valence-electron chi connectivity index (χ0n) is 12.3. The van der Waals surface area contributed by atoms with Gasteiger partial charge in [-0.2, -0.15) is 0 Å². The van der Waals surface area contributed by atoms with E-state index < -0.39 is 0 Å². The SMILES string of the molecule is CCOc1ccccc1OCNC(=O)NCCN(C)C. The summed E-state index contributed by atoms with van der Waals surface area (Å²) in [4.78, 5) is 13.5. The molecule has 6 heteroatoms.